The molecule has 1 aliphatic rings. The Balaban J connectivity index is 1.37. The molecular weight excluding hydrogens is 393 g/mol. The van der Waals surface area contributed by atoms with Crippen molar-refractivity contribution in [1.29, 1.82) is 0 Å². The lowest BCUT2D eigenvalue weighted by molar-refractivity contribution is -0.380. The molecule has 1 fully saturated rings. The van der Waals surface area contributed by atoms with E-state index in [9.17, 15) is 19.3 Å². The van der Waals surface area contributed by atoms with Gasteiger partial charge >= 0.3 is 5.00 Å². The monoisotopic (exact) mass is 407 g/mol. The van der Waals surface area contributed by atoms with Crippen LogP contribution in [0.3, 0.4) is 0 Å². The standard InChI is InChI=1S/C17H14FN3O4S2/c18-11-2-1-3-12-15(11)19-17(27-12)25-10-6-8-20(9-7-10)16(22)13-4-5-14(26-13)21(23)24/h1-5,10H,6-9H2. The van der Waals surface area contributed by atoms with Gasteiger partial charge in [0.15, 0.2) is 0 Å². The number of rotatable bonds is 4. The van der Waals surface area contributed by atoms with Crippen LogP contribution in [0.15, 0.2) is 30.3 Å². The summed E-state index contributed by atoms with van der Waals surface area (Å²) in [7, 11) is 0. The highest BCUT2D eigenvalue weighted by molar-refractivity contribution is 7.20. The van der Waals surface area contributed by atoms with Crippen LogP contribution in [-0.2, 0) is 0 Å². The van der Waals surface area contributed by atoms with Gasteiger partial charge in [0.05, 0.1) is 14.5 Å². The number of aromatic nitrogens is 1. The first-order valence-corrected chi connectivity index (χ1v) is 9.90. The molecule has 3 heterocycles. The van der Waals surface area contributed by atoms with Gasteiger partial charge < -0.3 is 9.64 Å². The Bertz CT molecular complexity index is 1010. The van der Waals surface area contributed by atoms with E-state index < -0.39 is 4.92 Å². The van der Waals surface area contributed by atoms with Crippen LogP contribution in [0.2, 0.25) is 0 Å². The lowest BCUT2D eigenvalue weighted by atomic mass is 10.1. The molecule has 0 atom stereocenters. The summed E-state index contributed by atoms with van der Waals surface area (Å²) in [5.74, 6) is -0.572. The molecule has 140 valence electrons. The number of hydrogen-bond acceptors (Lipinski definition) is 7. The summed E-state index contributed by atoms with van der Waals surface area (Å²) in [6.45, 7) is 0.989. The summed E-state index contributed by atoms with van der Waals surface area (Å²) in [5.41, 5.74) is 0.310. The number of thiophene rings is 1. The number of fused-ring (bicyclic) bond motifs is 1. The summed E-state index contributed by atoms with van der Waals surface area (Å²) in [6, 6.07) is 7.64. The Hall–Kier alpha value is -2.59. The number of likely N-dealkylation sites (tertiary alicyclic amines) is 1. The highest BCUT2D eigenvalue weighted by Crippen LogP contribution is 2.31. The van der Waals surface area contributed by atoms with Gasteiger partial charge in [0, 0.05) is 32.0 Å². The van der Waals surface area contributed by atoms with Gasteiger partial charge in [-0.3, -0.25) is 14.9 Å². The molecule has 2 aromatic heterocycles. The quantitative estimate of drug-likeness (QED) is 0.480. The van der Waals surface area contributed by atoms with Crippen molar-refractivity contribution in [3.05, 3.63) is 51.1 Å². The number of para-hydroxylation sites is 1. The zero-order valence-electron chi connectivity index (χ0n) is 14.0. The van der Waals surface area contributed by atoms with E-state index in [4.69, 9.17) is 4.74 Å². The predicted octanol–water partition coefficient (Wildman–Crippen LogP) is 4.09. The molecule has 0 aliphatic carbocycles. The van der Waals surface area contributed by atoms with Crippen molar-refractivity contribution < 1.29 is 18.8 Å². The van der Waals surface area contributed by atoms with Crippen molar-refractivity contribution in [3.8, 4) is 5.19 Å². The van der Waals surface area contributed by atoms with Crippen LogP contribution in [0.25, 0.3) is 10.2 Å². The average molecular weight is 407 g/mol. The van der Waals surface area contributed by atoms with Crippen molar-refractivity contribution >= 4 is 43.8 Å². The number of nitrogens with zero attached hydrogens (tertiary/aromatic N) is 3. The van der Waals surface area contributed by atoms with E-state index >= 15 is 0 Å². The molecule has 10 heteroatoms. The first-order valence-electron chi connectivity index (χ1n) is 8.26. The van der Waals surface area contributed by atoms with Crippen molar-refractivity contribution in [1.82, 2.24) is 9.88 Å². The average Bonchev–Trinajstić information content (AvgIpc) is 3.29. The maximum Gasteiger partial charge on any atom is 0.324 e. The number of piperidine rings is 1. The molecule has 0 N–H and O–H groups in total. The van der Waals surface area contributed by atoms with Crippen molar-refractivity contribution in [2.75, 3.05) is 13.1 Å². The molecular formula is C17H14FN3O4S2. The summed E-state index contributed by atoms with van der Waals surface area (Å²) in [4.78, 5) is 29.0. The Kier molecular flexibility index (Phi) is 4.75. The summed E-state index contributed by atoms with van der Waals surface area (Å²) in [6.07, 6.45) is 1.14. The number of nitro groups is 1. The van der Waals surface area contributed by atoms with Gasteiger partial charge in [0.2, 0.25) is 0 Å². The highest BCUT2D eigenvalue weighted by atomic mass is 32.1. The van der Waals surface area contributed by atoms with Crippen LogP contribution in [-0.4, -0.2) is 39.9 Å². The van der Waals surface area contributed by atoms with Crippen molar-refractivity contribution in [2.45, 2.75) is 18.9 Å². The van der Waals surface area contributed by atoms with Crippen molar-refractivity contribution in [3.63, 3.8) is 0 Å². The highest BCUT2D eigenvalue weighted by Gasteiger charge is 2.27. The zero-order valence-corrected chi connectivity index (χ0v) is 15.6. The summed E-state index contributed by atoms with van der Waals surface area (Å²) >= 11 is 2.18. The smallest absolute Gasteiger partial charge is 0.324 e. The van der Waals surface area contributed by atoms with Gasteiger partial charge in [0.25, 0.3) is 11.1 Å². The second-order valence-electron chi connectivity index (χ2n) is 6.07. The molecule has 0 bridgehead atoms. The molecule has 7 nitrogen and oxygen atoms in total. The Morgan fingerprint density at radius 3 is 2.70 bits per heavy atom. The first-order chi connectivity index (χ1) is 13.0. The minimum absolute atomic E-state index is 0.0420. The van der Waals surface area contributed by atoms with E-state index in [1.807, 2.05) is 0 Å². The second kappa shape index (κ2) is 7.20. The normalized spacial score (nSPS) is 15.2. The molecule has 0 spiro atoms. The van der Waals surface area contributed by atoms with E-state index in [2.05, 4.69) is 4.98 Å². The van der Waals surface area contributed by atoms with Crippen LogP contribution >= 0.6 is 22.7 Å². The largest absolute Gasteiger partial charge is 0.467 e. The Morgan fingerprint density at radius 2 is 2.04 bits per heavy atom. The van der Waals surface area contributed by atoms with E-state index in [0.717, 1.165) is 16.0 Å². The third-order valence-corrected chi connectivity index (χ3v) is 6.27. The maximum atomic E-state index is 13.7. The first kappa shape index (κ1) is 17.8. The minimum atomic E-state index is -0.498. The van der Waals surface area contributed by atoms with Gasteiger partial charge in [-0.1, -0.05) is 28.7 Å². The SMILES string of the molecule is O=C(c1ccc([N+](=O)[O-])s1)N1CCC(Oc2nc3c(F)cccc3s2)CC1. The van der Waals surface area contributed by atoms with E-state index in [-0.39, 0.29) is 22.8 Å². The van der Waals surface area contributed by atoms with Gasteiger partial charge in [-0.2, -0.15) is 4.98 Å². The lowest BCUT2D eigenvalue weighted by Crippen LogP contribution is -2.41. The van der Waals surface area contributed by atoms with Crippen LogP contribution in [0.4, 0.5) is 9.39 Å². The summed E-state index contributed by atoms with van der Waals surface area (Å²) < 4.78 is 20.3. The second-order valence-corrected chi connectivity index (χ2v) is 8.13. The third kappa shape index (κ3) is 3.62. The van der Waals surface area contributed by atoms with Crippen LogP contribution in [0.5, 0.6) is 5.19 Å². The topological polar surface area (TPSA) is 85.6 Å². The van der Waals surface area contributed by atoms with Gasteiger partial charge in [-0.05, 0) is 18.2 Å². The fraction of sp³-hybridized carbons (Fsp3) is 0.294. The maximum absolute atomic E-state index is 13.7. The fourth-order valence-corrected chi connectivity index (χ4v) is 4.64. The number of halogens is 1. The molecule has 1 aliphatic heterocycles. The molecule has 4 rings (SSSR count). The number of ether oxygens (including phenoxy) is 1. The molecule has 1 aromatic carbocycles. The van der Waals surface area contributed by atoms with Crippen LogP contribution in [0, 0.1) is 15.9 Å². The number of carbonyl (C=O) groups is 1. The van der Waals surface area contributed by atoms with E-state index in [1.54, 1.807) is 17.0 Å². The molecule has 0 unspecified atom stereocenters. The Morgan fingerprint density at radius 1 is 1.26 bits per heavy atom. The fourth-order valence-electron chi connectivity index (χ4n) is 2.96. The van der Waals surface area contributed by atoms with Gasteiger partial charge in [-0.15, -0.1) is 0 Å². The molecule has 27 heavy (non-hydrogen) atoms. The predicted molar refractivity (Wildman–Crippen MR) is 100 cm³/mol. The van der Waals surface area contributed by atoms with Gasteiger partial charge in [-0.25, -0.2) is 4.39 Å². The summed E-state index contributed by atoms with van der Waals surface area (Å²) in [5, 5.41) is 11.1. The molecule has 0 saturated carbocycles. The molecule has 0 radical (unpaired) electrons. The number of benzene rings is 1. The van der Waals surface area contributed by atoms with E-state index in [1.165, 1.54) is 29.5 Å². The zero-order chi connectivity index (χ0) is 19.0. The van der Waals surface area contributed by atoms with Gasteiger partial charge in [0.1, 0.15) is 17.4 Å². The van der Waals surface area contributed by atoms with Crippen LogP contribution < -0.4 is 4.74 Å². The van der Waals surface area contributed by atoms with Crippen molar-refractivity contribution in [2.24, 2.45) is 0 Å². The minimum Gasteiger partial charge on any atom is -0.467 e. The number of amides is 1. The lowest BCUT2D eigenvalue weighted by Gasteiger charge is -2.31. The molecule has 1 amide bonds. The number of hydrogen-bond donors (Lipinski definition) is 0. The third-order valence-electron chi connectivity index (χ3n) is 4.33. The number of carbonyl (C=O) groups excluding carboxylic acids is 1. The number of thiazole rings is 1. The van der Waals surface area contributed by atoms with E-state index in [0.29, 0.717) is 41.5 Å². The Labute approximate surface area is 161 Å². The molecule has 1 saturated heterocycles. The van der Waals surface area contributed by atoms with Crippen LogP contribution in [0.1, 0.15) is 22.5 Å². The molecule has 3 aromatic rings.